The Kier molecular flexibility index (Phi) is 18.0. The van der Waals surface area contributed by atoms with Crippen LogP contribution in [0, 0.1) is 0 Å². The molecule has 1 aliphatic rings. The van der Waals surface area contributed by atoms with Crippen LogP contribution < -0.4 is 5.32 Å². The molecule has 1 fully saturated rings. The summed E-state index contributed by atoms with van der Waals surface area (Å²) in [5, 5.41) is 42.4. The Bertz CT molecular complexity index is 901. The number of esters is 1. The number of nitrogens with one attached hydrogen (secondary N) is 1. The van der Waals surface area contributed by atoms with Gasteiger partial charge in [0.25, 0.3) is 0 Å². The van der Waals surface area contributed by atoms with Crippen LogP contribution in [-0.4, -0.2) is 96.4 Å². The predicted molar refractivity (Wildman–Crippen MR) is 146 cm³/mol. The van der Waals surface area contributed by atoms with E-state index < -0.39 is 89.8 Å². The molecule has 0 aromatic carbocycles. The minimum absolute atomic E-state index is 0.300. The fraction of sp³-hybridized carbons (Fsp3) is 0.917. The second-order valence-corrected chi connectivity index (χ2v) is 13.2. The molecule has 0 radical (unpaired) electrons. The van der Waals surface area contributed by atoms with E-state index in [-0.39, 0.29) is 0 Å². The summed E-state index contributed by atoms with van der Waals surface area (Å²) in [6.45, 7) is 2.50. The largest absolute Gasteiger partial charge is 0.483 e. The highest BCUT2D eigenvalue weighted by Gasteiger charge is 2.51. The van der Waals surface area contributed by atoms with E-state index in [2.05, 4.69) is 16.6 Å². The van der Waals surface area contributed by atoms with Crippen molar-refractivity contribution in [3.63, 3.8) is 0 Å². The first-order valence-corrected chi connectivity index (χ1v) is 17.2. The lowest BCUT2D eigenvalue weighted by Crippen LogP contribution is -2.65. The Balaban J connectivity index is 2.92. The van der Waals surface area contributed by atoms with Crippen molar-refractivity contribution in [2.75, 3.05) is 6.61 Å². The van der Waals surface area contributed by atoms with Gasteiger partial charge in [-0.15, -0.1) is 0 Å². The summed E-state index contributed by atoms with van der Waals surface area (Å²) in [6, 6.07) is -1.78. The van der Waals surface area contributed by atoms with Crippen LogP contribution in [0.5, 0.6) is 0 Å². The topological polar surface area (TPSA) is 259 Å². The van der Waals surface area contributed by atoms with Crippen molar-refractivity contribution in [1.29, 1.82) is 0 Å². The van der Waals surface area contributed by atoms with Crippen LogP contribution in [0.3, 0.4) is 0 Å². The molecule has 0 bridgehead atoms. The van der Waals surface area contributed by atoms with Crippen molar-refractivity contribution in [2.24, 2.45) is 0 Å². The van der Waals surface area contributed by atoms with Crippen LogP contribution in [0.15, 0.2) is 0 Å². The van der Waals surface area contributed by atoms with Gasteiger partial charge < -0.3 is 49.9 Å². The van der Waals surface area contributed by atoms with Gasteiger partial charge in [0.1, 0.15) is 18.2 Å². The maximum atomic E-state index is 12.8. The number of ether oxygens (including phenoxy) is 2. The van der Waals surface area contributed by atoms with Crippen LogP contribution >= 0.6 is 15.6 Å². The summed E-state index contributed by atoms with van der Waals surface area (Å²) >= 11 is 0. The highest BCUT2D eigenvalue weighted by atomic mass is 31.3. The molecule has 248 valence electrons. The monoisotopic (exact) mass is 651 g/mol. The van der Waals surface area contributed by atoms with Crippen LogP contribution in [0.2, 0.25) is 0 Å². The zero-order valence-electron chi connectivity index (χ0n) is 24.0. The molecule has 0 saturated carbocycles. The minimum Gasteiger partial charge on any atom is -0.457 e. The maximum absolute atomic E-state index is 12.8. The first kappa shape index (κ1) is 39.0. The van der Waals surface area contributed by atoms with Gasteiger partial charge >= 0.3 is 21.6 Å². The van der Waals surface area contributed by atoms with Crippen molar-refractivity contribution in [2.45, 2.75) is 134 Å². The van der Waals surface area contributed by atoms with E-state index in [1.807, 2.05) is 0 Å². The number of aliphatic hydroxyl groups excluding tert-OH is 4. The summed E-state index contributed by atoms with van der Waals surface area (Å²) in [5.41, 5.74) is 0. The average molecular weight is 652 g/mol. The van der Waals surface area contributed by atoms with E-state index >= 15 is 0 Å². The molecule has 0 aromatic rings. The first-order valence-electron chi connectivity index (χ1n) is 14.2. The fourth-order valence-electron chi connectivity index (χ4n) is 4.43. The number of carbonyl (C=O) groups excluding carboxylic acids is 2. The molecule has 0 aromatic heterocycles. The molecule has 1 aliphatic heterocycles. The number of hydrogen-bond acceptors (Lipinski definition) is 12. The predicted octanol–water partition coefficient (Wildman–Crippen LogP) is 1.13. The number of aliphatic hydroxyl groups is 4. The Hall–Kier alpha value is -1.00. The quantitative estimate of drug-likeness (QED) is 0.0491. The average Bonchev–Trinajstić information content (AvgIpc) is 2.84. The summed E-state index contributed by atoms with van der Waals surface area (Å²) in [7, 11) is -11.2. The SMILES string of the molecule is CCCCCCCCCCC[C@@H](O)CC(=O)N[C@H]1[C@@H](OP(=O)(O)OP(=O)(O)O)O[C@H](CO)[C@@H](O)[C@@H]1OC(=O)C[C@@H](C)O. The van der Waals surface area contributed by atoms with Gasteiger partial charge in [-0.1, -0.05) is 64.7 Å². The van der Waals surface area contributed by atoms with Gasteiger partial charge in [-0.25, -0.2) is 9.13 Å². The third-order valence-corrected chi connectivity index (χ3v) is 8.57. The van der Waals surface area contributed by atoms with Crippen molar-refractivity contribution >= 4 is 27.5 Å². The second-order valence-electron chi connectivity index (χ2n) is 10.4. The molecule has 16 nitrogen and oxygen atoms in total. The molecule has 1 amide bonds. The molecule has 1 unspecified atom stereocenters. The van der Waals surface area contributed by atoms with Gasteiger partial charge in [0.2, 0.25) is 5.91 Å². The lowest BCUT2D eigenvalue weighted by atomic mass is 9.96. The number of hydrogen-bond donors (Lipinski definition) is 8. The van der Waals surface area contributed by atoms with Crippen molar-refractivity contribution in [3.8, 4) is 0 Å². The summed E-state index contributed by atoms with van der Waals surface area (Å²) in [6.07, 6.45) is -0.771. The van der Waals surface area contributed by atoms with Crippen LogP contribution in [0.4, 0.5) is 0 Å². The highest BCUT2D eigenvalue weighted by Crippen LogP contribution is 2.58. The standard InChI is InChI=1S/C24H47NO15P2/c1-3-4-5-6-7-8-9-10-11-12-17(28)14-19(29)25-21-23(38-20(30)13-16(2)27)22(31)18(15-26)37-24(21)39-42(35,36)40-41(32,33)34/h16-18,21-24,26-28,31H,3-15H2,1-2H3,(H,25,29)(H,35,36)(H2,32,33,34)/t16-,17-,18-,21-,22-,23-,24-/m1/s1. The van der Waals surface area contributed by atoms with Gasteiger partial charge in [-0.3, -0.25) is 14.1 Å². The molecule has 1 saturated heterocycles. The second kappa shape index (κ2) is 19.4. The van der Waals surface area contributed by atoms with Crippen molar-refractivity contribution < 1.29 is 72.1 Å². The molecular weight excluding hydrogens is 604 g/mol. The van der Waals surface area contributed by atoms with Crippen molar-refractivity contribution in [1.82, 2.24) is 5.32 Å². The number of phosphoric ester groups is 1. The smallest absolute Gasteiger partial charge is 0.457 e. The van der Waals surface area contributed by atoms with E-state index in [9.17, 15) is 44.0 Å². The molecule has 8 atom stereocenters. The van der Waals surface area contributed by atoms with Gasteiger partial charge in [-0.05, 0) is 13.3 Å². The van der Waals surface area contributed by atoms with E-state index in [0.717, 1.165) is 25.7 Å². The normalized spacial score (nSPS) is 25.8. The molecule has 8 N–H and O–H groups in total. The van der Waals surface area contributed by atoms with E-state index in [4.69, 9.17) is 23.8 Å². The van der Waals surface area contributed by atoms with Crippen LogP contribution in [0.1, 0.15) is 90.9 Å². The summed E-state index contributed by atoms with van der Waals surface area (Å²) in [5.74, 6) is -1.93. The number of unbranched alkanes of at least 4 members (excludes halogenated alkanes) is 8. The first-order chi connectivity index (χ1) is 19.6. The van der Waals surface area contributed by atoms with Gasteiger partial charge in [0.05, 0.1) is 31.7 Å². The Morgan fingerprint density at radius 2 is 1.52 bits per heavy atom. The number of carbonyl (C=O) groups is 2. The highest BCUT2D eigenvalue weighted by molar-refractivity contribution is 7.60. The molecule has 1 heterocycles. The van der Waals surface area contributed by atoms with Crippen molar-refractivity contribution in [3.05, 3.63) is 0 Å². The summed E-state index contributed by atoms with van der Waals surface area (Å²) < 4.78 is 42.2. The molecule has 42 heavy (non-hydrogen) atoms. The fourth-order valence-corrected chi connectivity index (χ4v) is 6.10. The third-order valence-electron chi connectivity index (χ3n) is 6.42. The lowest BCUT2D eigenvalue weighted by Gasteiger charge is -2.43. The van der Waals surface area contributed by atoms with E-state index in [0.29, 0.717) is 12.8 Å². The molecule has 0 spiro atoms. The van der Waals surface area contributed by atoms with Crippen LogP contribution in [-0.2, 0) is 37.0 Å². The molecule has 0 aliphatic carbocycles. The maximum Gasteiger partial charge on any atom is 0.483 e. The van der Waals surface area contributed by atoms with Gasteiger partial charge in [0.15, 0.2) is 12.4 Å². The number of amides is 1. The molecule has 1 rings (SSSR count). The van der Waals surface area contributed by atoms with Crippen LogP contribution in [0.25, 0.3) is 0 Å². The Morgan fingerprint density at radius 1 is 0.952 bits per heavy atom. The Morgan fingerprint density at radius 3 is 2.05 bits per heavy atom. The zero-order valence-corrected chi connectivity index (χ0v) is 25.8. The van der Waals surface area contributed by atoms with E-state index in [1.54, 1.807) is 0 Å². The molecular formula is C24H47NO15P2. The zero-order chi connectivity index (χ0) is 31.9. The minimum atomic E-state index is -5.60. The Labute approximate surface area is 245 Å². The number of phosphoric acid groups is 2. The number of rotatable bonds is 21. The van der Waals surface area contributed by atoms with E-state index in [1.165, 1.54) is 32.6 Å². The third kappa shape index (κ3) is 16.2. The summed E-state index contributed by atoms with van der Waals surface area (Å²) in [4.78, 5) is 52.8. The molecule has 18 heteroatoms. The van der Waals surface area contributed by atoms with Gasteiger partial charge in [0, 0.05) is 0 Å². The lowest BCUT2D eigenvalue weighted by molar-refractivity contribution is -0.253. The van der Waals surface area contributed by atoms with Gasteiger partial charge in [-0.2, -0.15) is 4.31 Å².